The van der Waals surface area contributed by atoms with Gasteiger partial charge >= 0.3 is 0 Å². The van der Waals surface area contributed by atoms with Crippen LogP contribution in [0.5, 0.6) is 0 Å². The zero-order valence-corrected chi connectivity index (χ0v) is 17.3. The number of sulfonamides is 1. The topological polar surface area (TPSA) is 83.5 Å². The number of aromatic nitrogens is 2. The quantitative estimate of drug-likeness (QED) is 0.655. The van der Waals surface area contributed by atoms with E-state index < -0.39 is 10.0 Å². The maximum Gasteiger partial charge on any atom is 0.265 e. The Hall–Kier alpha value is -2.36. The highest BCUT2D eigenvalue weighted by Crippen LogP contribution is 2.26. The van der Waals surface area contributed by atoms with Crippen molar-refractivity contribution < 1.29 is 13.2 Å². The maximum absolute atomic E-state index is 13.2. The molecule has 146 valence electrons. The smallest absolute Gasteiger partial charge is 0.265 e. The summed E-state index contributed by atoms with van der Waals surface area (Å²) < 4.78 is 27.9. The fraction of sp³-hybridized carbons (Fsp3) is 0.316. The molecule has 1 aliphatic heterocycles. The van der Waals surface area contributed by atoms with Crippen LogP contribution in [0.25, 0.3) is 10.9 Å². The van der Waals surface area contributed by atoms with Crippen molar-refractivity contribution in [3.8, 4) is 0 Å². The van der Waals surface area contributed by atoms with Crippen molar-refractivity contribution in [2.45, 2.75) is 18.7 Å². The lowest BCUT2D eigenvalue weighted by molar-refractivity contribution is 0.0702. The van der Waals surface area contributed by atoms with Gasteiger partial charge in [-0.1, -0.05) is 12.1 Å². The van der Waals surface area contributed by atoms with Crippen LogP contribution in [0.4, 0.5) is 0 Å². The number of carbonyl (C=O) groups is 1. The molecule has 4 rings (SSSR count). The molecular weight excluding hydrogens is 396 g/mol. The first-order valence-corrected chi connectivity index (χ1v) is 11.2. The molecule has 0 atom stereocenters. The van der Waals surface area contributed by atoms with E-state index in [0.29, 0.717) is 23.5 Å². The van der Waals surface area contributed by atoms with Crippen molar-refractivity contribution in [1.82, 2.24) is 19.2 Å². The largest absolute Gasteiger partial charge is 0.335 e. The second-order valence-corrected chi connectivity index (χ2v) is 9.92. The number of piperazine rings is 1. The van der Waals surface area contributed by atoms with Crippen LogP contribution in [0.2, 0.25) is 0 Å². The van der Waals surface area contributed by atoms with Gasteiger partial charge in [-0.3, -0.25) is 9.78 Å². The van der Waals surface area contributed by atoms with Crippen LogP contribution >= 0.6 is 11.3 Å². The van der Waals surface area contributed by atoms with Gasteiger partial charge in [-0.15, -0.1) is 11.3 Å². The Morgan fingerprint density at radius 1 is 1.07 bits per heavy atom. The number of nitrogens with zero attached hydrogens (tertiary/aromatic N) is 4. The predicted octanol–water partition coefficient (Wildman–Crippen LogP) is 2.45. The highest BCUT2D eigenvalue weighted by Gasteiger charge is 2.32. The first kappa shape index (κ1) is 19.0. The standard InChI is InChI=1S/C19H20N4O3S2/c1-13-10-15-4-3-5-17(18(15)21-11-13)28(25,26)23-8-6-22(7-9-23)19(24)16-12-20-14(2)27-16/h3-5,10-12H,6-9H2,1-2H3. The van der Waals surface area contributed by atoms with Gasteiger partial charge < -0.3 is 4.90 Å². The molecule has 7 nitrogen and oxygen atoms in total. The minimum absolute atomic E-state index is 0.0926. The Kier molecular flexibility index (Phi) is 4.90. The summed E-state index contributed by atoms with van der Waals surface area (Å²) in [6.45, 7) is 5.00. The third kappa shape index (κ3) is 3.41. The molecule has 0 unspecified atom stereocenters. The van der Waals surface area contributed by atoms with Gasteiger partial charge in [0.2, 0.25) is 10.0 Å². The normalized spacial score (nSPS) is 15.9. The number of fused-ring (bicyclic) bond motifs is 1. The minimum atomic E-state index is -3.69. The Morgan fingerprint density at radius 3 is 2.50 bits per heavy atom. The summed E-state index contributed by atoms with van der Waals surface area (Å²) in [6.07, 6.45) is 3.25. The summed E-state index contributed by atoms with van der Waals surface area (Å²) in [4.78, 5) is 23.5. The zero-order chi connectivity index (χ0) is 19.9. The van der Waals surface area contributed by atoms with Crippen molar-refractivity contribution in [3.05, 3.63) is 52.1 Å². The molecular formula is C19H20N4O3S2. The van der Waals surface area contributed by atoms with E-state index in [-0.39, 0.29) is 23.9 Å². The van der Waals surface area contributed by atoms with Crippen LogP contribution in [0, 0.1) is 13.8 Å². The number of thiazole rings is 1. The zero-order valence-electron chi connectivity index (χ0n) is 15.6. The second kappa shape index (κ2) is 7.23. The van der Waals surface area contributed by atoms with E-state index in [9.17, 15) is 13.2 Å². The molecule has 3 heterocycles. The fourth-order valence-electron chi connectivity index (χ4n) is 3.34. The van der Waals surface area contributed by atoms with Crippen LogP contribution in [0.1, 0.15) is 20.2 Å². The van der Waals surface area contributed by atoms with Crippen molar-refractivity contribution in [2.75, 3.05) is 26.2 Å². The average molecular weight is 417 g/mol. The highest BCUT2D eigenvalue weighted by molar-refractivity contribution is 7.89. The van der Waals surface area contributed by atoms with E-state index in [2.05, 4.69) is 9.97 Å². The highest BCUT2D eigenvalue weighted by atomic mass is 32.2. The molecule has 0 radical (unpaired) electrons. The molecule has 1 aromatic carbocycles. The summed E-state index contributed by atoms with van der Waals surface area (Å²) in [5.41, 5.74) is 1.46. The molecule has 0 bridgehead atoms. The lowest BCUT2D eigenvalue weighted by atomic mass is 10.2. The molecule has 28 heavy (non-hydrogen) atoms. The second-order valence-electron chi connectivity index (χ2n) is 6.78. The van der Waals surface area contributed by atoms with Gasteiger partial charge in [-0.05, 0) is 31.5 Å². The molecule has 0 N–H and O–H groups in total. The van der Waals surface area contributed by atoms with Crippen LogP contribution in [-0.2, 0) is 10.0 Å². The molecule has 1 saturated heterocycles. The van der Waals surface area contributed by atoms with E-state index in [4.69, 9.17) is 0 Å². The van der Waals surface area contributed by atoms with E-state index in [0.717, 1.165) is 16.0 Å². The van der Waals surface area contributed by atoms with Crippen molar-refractivity contribution >= 4 is 38.2 Å². The van der Waals surface area contributed by atoms with Gasteiger partial charge in [0.1, 0.15) is 9.77 Å². The number of aryl methyl sites for hydroxylation is 2. The van der Waals surface area contributed by atoms with Gasteiger partial charge in [0, 0.05) is 37.8 Å². The predicted molar refractivity (Wildman–Crippen MR) is 108 cm³/mol. The summed E-state index contributed by atoms with van der Waals surface area (Å²) in [5, 5.41) is 1.64. The Labute approximate surface area is 167 Å². The molecule has 0 spiro atoms. The summed E-state index contributed by atoms with van der Waals surface area (Å²) in [7, 11) is -3.69. The first-order valence-electron chi connectivity index (χ1n) is 8.93. The summed E-state index contributed by atoms with van der Waals surface area (Å²) in [5.74, 6) is -0.0926. The molecule has 0 aliphatic carbocycles. The number of hydrogen-bond acceptors (Lipinski definition) is 6. The number of hydrogen-bond donors (Lipinski definition) is 0. The average Bonchev–Trinajstić information content (AvgIpc) is 3.13. The number of pyridine rings is 1. The minimum Gasteiger partial charge on any atom is -0.335 e. The first-order chi connectivity index (χ1) is 13.4. The lowest BCUT2D eigenvalue weighted by Gasteiger charge is -2.33. The number of rotatable bonds is 3. The fourth-order valence-corrected chi connectivity index (χ4v) is 5.67. The van der Waals surface area contributed by atoms with Crippen LogP contribution in [-0.4, -0.2) is 59.7 Å². The number of carbonyl (C=O) groups excluding carboxylic acids is 1. The van der Waals surface area contributed by atoms with Crippen molar-refractivity contribution in [2.24, 2.45) is 0 Å². The molecule has 1 aliphatic rings. The molecule has 1 amide bonds. The van der Waals surface area contributed by atoms with Gasteiger partial charge in [0.25, 0.3) is 5.91 Å². The Balaban J connectivity index is 1.55. The number of para-hydroxylation sites is 1. The van der Waals surface area contributed by atoms with E-state index in [1.165, 1.54) is 15.6 Å². The number of benzene rings is 1. The van der Waals surface area contributed by atoms with Gasteiger partial charge in [-0.2, -0.15) is 4.31 Å². The molecule has 9 heteroatoms. The van der Waals surface area contributed by atoms with Crippen LogP contribution in [0.3, 0.4) is 0 Å². The van der Waals surface area contributed by atoms with Gasteiger partial charge in [-0.25, -0.2) is 13.4 Å². The molecule has 3 aromatic rings. The van der Waals surface area contributed by atoms with Gasteiger partial charge in [0.15, 0.2) is 0 Å². The SMILES string of the molecule is Cc1cnc2c(S(=O)(=O)N3CCN(C(=O)c4cnc(C)s4)CC3)cccc2c1. The number of amides is 1. The maximum atomic E-state index is 13.2. The third-order valence-corrected chi connectivity index (χ3v) is 7.62. The Bertz CT molecular complexity index is 1150. The Morgan fingerprint density at radius 2 is 1.82 bits per heavy atom. The third-order valence-electron chi connectivity index (χ3n) is 4.79. The van der Waals surface area contributed by atoms with Crippen molar-refractivity contribution in [3.63, 3.8) is 0 Å². The van der Waals surface area contributed by atoms with E-state index >= 15 is 0 Å². The molecule has 1 fully saturated rings. The van der Waals surface area contributed by atoms with Gasteiger partial charge in [0.05, 0.1) is 16.7 Å². The summed E-state index contributed by atoms with van der Waals surface area (Å²) >= 11 is 1.35. The van der Waals surface area contributed by atoms with Crippen molar-refractivity contribution in [1.29, 1.82) is 0 Å². The van der Waals surface area contributed by atoms with E-state index in [1.54, 1.807) is 29.4 Å². The molecule has 0 saturated carbocycles. The summed E-state index contributed by atoms with van der Waals surface area (Å²) in [6, 6.07) is 7.12. The monoisotopic (exact) mass is 416 g/mol. The van der Waals surface area contributed by atoms with E-state index in [1.807, 2.05) is 26.0 Å². The lowest BCUT2D eigenvalue weighted by Crippen LogP contribution is -2.50. The van der Waals surface area contributed by atoms with Crippen LogP contribution < -0.4 is 0 Å². The molecule has 2 aromatic heterocycles. The van der Waals surface area contributed by atoms with Crippen LogP contribution in [0.15, 0.2) is 41.6 Å².